The first-order chi connectivity index (χ1) is 13.4. The summed E-state index contributed by atoms with van der Waals surface area (Å²) in [5.41, 5.74) is 3.57. The molecule has 4 rings (SSSR count). The summed E-state index contributed by atoms with van der Waals surface area (Å²) in [7, 11) is 0. The number of nitrogens with zero attached hydrogens (tertiary/aromatic N) is 3. The maximum absolute atomic E-state index is 11.4. The zero-order valence-corrected chi connectivity index (χ0v) is 16.0. The van der Waals surface area contributed by atoms with Crippen LogP contribution in [0.25, 0.3) is 0 Å². The molecular formula is C20H26N4O4. The fraction of sp³-hybridized carbons (Fsp3) is 0.650. The number of fused-ring (bicyclic) bond motifs is 2. The second-order valence-corrected chi connectivity index (χ2v) is 8.76. The van der Waals surface area contributed by atoms with Crippen LogP contribution in [-0.2, 0) is 0 Å². The van der Waals surface area contributed by atoms with Gasteiger partial charge in [0.25, 0.3) is 5.69 Å². The van der Waals surface area contributed by atoms with Gasteiger partial charge in [0.05, 0.1) is 15.9 Å². The SMILES string of the molecule is CC1CCC(C2CC3CCC2C3)C(=NNc2ccc([N+](=O)[O-])cc2[N+](=O)[O-])C1. The smallest absolute Gasteiger partial charge is 0.272 e. The average molecular weight is 386 g/mol. The van der Waals surface area contributed by atoms with Gasteiger partial charge in [0.15, 0.2) is 0 Å². The van der Waals surface area contributed by atoms with Crippen molar-refractivity contribution in [1.29, 1.82) is 0 Å². The average Bonchev–Trinajstić information content (AvgIpc) is 3.29. The zero-order valence-electron chi connectivity index (χ0n) is 16.0. The van der Waals surface area contributed by atoms with Crippen LogP contribution < -0.4 is 5.43 Å². The molecule has 5 unspecified atom stereocenters. The standard InChI is InChI=1S/C20H26N4O4/c1-12-2-6-16(17-10-13-3-4-14(17)9-13)19(8-12)22-21-18-7-5-15(23(25)26)11-20(18)24(27)28/h5,7,11-14,16-17,21H,2-4,6,8-10H2,1H3. The van der Waals surface area contributed by atoms with Crippen molar-refractivity contribution < 1.29 is 9.85 Å². The number of anilines is 1. The Bertz CT molecular complexity index is 824. The van der Waals surface area contributed by atoms with E-state index in [-0.39, 0.29) is 17.1 Å². The highest BCUT2D eigenvalue weighted by atomic mass is 16.6. The number of non-ortho nitro benzene ring substituents is 1. The molecule has 0 aliphatic heterocycles. The molecule has 3 aliphatic carbocycles. The summed E-state index contributed by atoms with van der Waals surface area (Å²) in [6.07, 6.45) is 8.59. The van der Waals surface area contributed by atoms with Crippen molar-refractivity contribution in [2.75, 3.05) is 5.43 Å². The molecule has 1 N–H and O–H groups in total. The van der Waals surface area contributed by atoms with E-state index in [0.29, 0.717) is 17.8 Å². The van der Waals surface area contributed by atoms with Crippen molar-refractivity contribution in [2.45, 2.75) is 51.9 Å². The van der Waals surface area contributed by atoms with Crippen LogP contribution in [0, 0.1) is 49.8 Å². The number of benzene rings is 1. The van der Waals surface area contributed by atoms with Crippen LogP contribution in [0.4, 0.5) is 17.1 Å². The third kappa shape index (κ3) is 3.59. The number of nitro benzene ring substituents is 2. The lowest BCUT2D eigenvalue weighted by Crippen LogP contribution is -2.33. The van der Waals surface area contributed by atoms with Crippen molar-refractivity contribution in [3.8, 4) is 0 Å². The lowest BCUT2D eigenvalue weighted by Gasteiger charge is -2.36. The minimum Gasteiger partial charge on any atom is -0.272 e. The van der Waals surface area contributed by atoms with Crippen molar-refractivity contribution in [3.05, 3.63) is 38.4 Å². The topological polar surface area (TPSA) is 111 Å². The lowest BCUT2D eigenvalue weighted by atomic mass is 9.70. The molecule has 0 amide bonds. The summed E-state index contributed by atoms with van der Waals surface area (Å²) in [6, 6.07) is 3.63. The Hall–Kier alpha value is -2.51. The normalized spacial score (nSPS) is 33.2. The molecule has 0 saturated heterocycles. The highest BCUT2D eigenvalue weighted by molar-refractivity contribution is 5.89. The van der Waals surface area contributed by atoms with Gasteiger partial charge in [0.1, 0.15) is 5.69 Å². The van der Waals surface area contributed by atoms with E-state index < -0.39 is 9.85 Å². The van der Waals surface area contributed by atoms with Crippen LogP contribution in [0.2, 0.25) is 0 Å². The number of hydrogen-bond donors (Lipinski definition) is 1. The van der Waals surface area contributed by atoms with E-state index in [0.717, 1.165) is 36.5 Å². The van der Waals surface area contributed by atoms with E-state index in [9.17, 15) is 20.2 Å². The van der Waals surface area contributed by atoms with Gasteiger partial charge >= 0.3 is 5.69 Å². The van der Waals surface area contributed by atoms with Crippen LogP contribution in [0.3, 0.4) is 0 Å². The number of rotatable bonds is 5. The van der Waals surface area contributed by atoms with Gasteiger partial charge in [-0.25, -0.2) is 0 Å². The maximum Gasteiger partial charge on any atom is 0.301 e. The van der Waals surface area contributed by atoms with Gasteiger partial charge in [-0.05, 0) is 68.3 Å². The predicted octanol–water partition coefficient (Wildman–Crippen LogP) is 5.14. The predicted molar refractivity (Wildman–Crippen MR) is 106 cm³/mol. The first kappa shape index (κ1) is 18.8. The van der Waals surface area contributed by atoms with Gasteiger partial charge in [0, 0.05) is 17.7 Å². The van der Waals surface area contributed by atoms with Gasteiger partial charge in [-0.3, -0.25) is 25.7 Å². The Labute approximate surface area is 163 Å². The summed E-state index contributed by atoms with van der Waals surface area (Å²) in [6.45, 7) is 2.22. The molecule has 0 radical (unpaired) electrons. The first-order valence-electron chi connectivity index (χ1n) is 10.2. The summed E-state index contributed by atoms with van der Waals surface area (Å²) >= 11 is 0. The molecule has 28 heavy (non-hydrogen) atoms. The Balaban J connectivity index is 1.57. The third-order valence-corrected chi connectivity index (χ3v) is 6.97. The van der Waals surface area contributed by atoms with Crippen molar-refractivity contribution in [2.24, 2.45) is 34.7 Å². The minimum absolute atomic E-state index is 0.202. The molecule has 0 heterocycles. The number of hydrazone groups is 1. The van der Waals surface area contributed by atoms with E-state index >= 15 is 0 Å². The van der Waals surface area contributed by atoms with E-state index in [2.05, 4.69) is 17.5 Å². The van der Waals surface area contributed by atoms with Gasteiger partial charge in [0.2, 0.25) is 0 Å². The van der Waals surface area contributed by atoms with Crippen LogP contribution in [0.1, 0.15) is 51.9 Å². The molecule has 5 atom stereocenters. The summed E-state index contributed by atoms with van der Waals surface area (Å²) in [5, 5.41) is 26.9. The van der Waals surface area contributed by atoms with E-state index in [1.807, 2.05) is 0 Å². The quantitative estimate of drug-likeness (QED) is 0.556. The number of nitrogens with one attached hydrogen (secondary N) is 1. The minimum atomic E-state index is -0.628. The molecular weight excluding hydrogens is 360 g/mol. The molecule has 1 aromatic rings. The number of nitro groups is 2. The molecule has 1 aromatic carbocycles. The summed E-state index contributed by atoms with van der Waals surface area (Å²) in [4.78, 5) is 21.0. The van der Waals surface area contributed by atoms with E-state index in [1.54, 1.807) is 0 Å². The van der Waals surface area contributed by atoms with Gasteiger partial charge in [-0.15, -0.1) is 0 Å². The van der Waals surface area contributed by atoms with Gasteiger partial charge < -0.3 is 0 Å². The second-order valence-electron chi connectivity index (χ2n) is 8.76. The van der Waals surface area contributed by atoms with E-state index in [1.165, 1.54) is 44.2 Å². The fourth-order valence-electron chi connectivity index (χ4n) is 5.63. The van der Waals surface area contributed by atoms with Crippen LogP contribution >= 0.6 is 0 Å². The Morgan fingerprint density at radius 2 is 1.89 bits per heavy atom. The molecule has 150 valence electrons. The van der Waals surface area contributed by atoms with Crippen LogP contribution in [0.5, 0.6) is 0 Å². The highest BCUT2D eigenvalue weighted by Gasteiger charge is 2.45. The summed E-state index contributed by atoms with van der Waals surface area (Å²) < 4.78 is 0. The molecule has 3 fully saturated rings. The second kappa shape index (κ2) is 7.48. The fourth-order valence-corrected chi connectivity index (χ4v) is 5.63. The van der Waals surface area contributed by atoms with Crippen molar-refractivity contribution in [1.82, 2.24) is 0 Å². The van der Waals surface area contributed by atoms with Gasteiger partial charge in [-0.2, -0.15) is 5.10 Å². The number of hydrogen-bond acceptors (Lipinski definition) is 6. The van der Waals surface area contributed by atoms with Crippen LogP contribution in [-0.4, -0.2) is 15.6 Å². The summed E-state index contributed by atoms with van der Waals surface area (Å²) in [5.74, 6) is 3.39. The molecule has 8 nitrogen and oxygen atoms in total. The van der Waals surface area contributed by atoms with Crippen LogP contribution in [0.15, 0.2) is 23.3 Å². The maximum atomic E-state index is 11.4. The Morgan fingerprint density at radius 3 is 2.54 bits per heavy atom. The zero-order chi connectivity index (χ0) is 19.8. The molecule has 3 aliphatic rings. The van der Waals surface area contributed by atoms with Gasteiger partial charge in [-0.1, -0.05) is 13.3 Å². The molecule has 2 bridgehead atoms. The van der Waals surface area contributed by atoms with Crippen molar-refractivity contribution >= 4 is 22.8 Å². The molecule has 0 aromatic heterocycles. The Morgan fingerprint density at radius 1 is 1.07 bits per heavy atom. The monoisotopic (exact) mass is 386 g/mol. The van der Waals surface area contributed by atoms with E-state index in [4.69, 9.17) is 0 Å². The molecule has 3 saturated carbocycles. The Kier molecular flexibility index (Phi) is 5.03. The van der Waals surface area contributed by atoms with Crippen molar-refractivity contribution in [3.63, 3.8) is 0 Å². The third-order valence-electron chi connectivity index (χ3n) is 6.97. The highest BCUT2D eigenvalue weighted by Crippen LogP contribution is 2.53. The largest absolute Gasteiger partial charge is 0.301 e. The lowest BCUT2D eigenvalue weighted by molar-refractivity contribution is -0.393. The first-order valence-corrected chi connectivity index (χ1v) is 10.2. The molecule has 0 spiro atoms. The molecule has 8 heteroatoms.